The highest BCUT2D eigenvalue weighted by Crippen LogP contribution is 2.23. The molecule has 1 aliphatic rings. The van der Waals surface area contributed by atoms with Gasteiger partial charge in [0.05, 0.1) is 5.69 Å². The molecule has 0 aliphatic carbocycles. The van der Waals surface area contributed by atoms with Crippen molar-refractivity contribution in [3.8, 4) is 11.3 Å². The third kappa shape index (κ3) is 4.75. The summed E-state index contributed by atoms with van der Waals surface area (Å²) in [7, 11) is 0. The van der Waals surface area contributed by atoms with Gasteiger partial charge in [0.2, 0.25) is 5.95 Å². The Labute approximate surface area is 165 Å². The van der Waals surface area contributed by atoms with Gasteiger partial charge < -0.3 is 22.1 Å². The number of benzene rings is 1. The van der Waals surface area contributed by atoms with E-state index in [1.54, 1.807) is 18.2 Å². The van der Waals surface area contributed by atoms with E-state index in [2.05, 4.69) is 9.97 Å². The van der Waals surface area contributed by atoms with Crippen LogP contribution in [-0.2, 0) is 0 Å². The average molecular weight is 399 g/mol. The van der Waals surface area contributed by atoms with E-state index in [-0.39, 0.29) is 42.7 Å². The van der Waals surface area contributed by atoms with Gasteiger partial charge in [0.25, 0.3) is 5.91 Å². The van der Waals surface area contributed by atoms with Gasteiger partial charge in [-0.3, -0.25) is 4.79 Å². The molecule has 1 aliphatic heterocycles. The zero-order chi connectivity index (χ0) is 17.1. The van der Waals surface area contributed by atoms with E-state index in [0.717, 1.165) is 31.4 Å². The molecule has 9 heteroatoms. The van der Waals surface area contributed by atoms with Crippen molar-refractivity contribution in [3.05, 3.63) is 35.9 Å². The van der Waals surface area contributed by atoms with Gasteiger partial charge in [-0.2, -0.15) is 4.98 Å². The number of amides is 1. The maximum Gasteiger partial charge on any atom is 0.254 e. The Morgan fingerprint density at radius 2 is 1.81 bits per heavy atom. The number of halogens is 2. The third-order valence-corrected chi connectivity index (χ3v) is 4.35. The van der Waals surface area contributed by atoms with Gasteiger partial charge in [0, 0.05) is 36.3 Å². The Morgan fingerprint density at radius 1 is 1.12 bits per heavy atom. The first-order valence-electron chi connectivity index (χ1n) is 8.10. The molecule has 6 N–H and O–H groups in total. The number of aromatic nitrogens is 2. The summed E-state index contributed by atoms with van der Waals surface area (Å²) >= 11 is 0. The van der Waals surface area contributed by atoms with Crippen LogP contribution in [0.1, 0.15) is 29.6 Å². The first-order chi connectivity index (χ1) is 11.6. The highest BCUT2D eigenvalue weighted by atomic mass is 35.5. The van der Waals surface area contributed by atoms with E-state index >= 15 is 0 Å². The lowest BCUT2D eigenvalue weighted by Crippen LogP contribution is -2.47. The lowest BCUT2D eigenvalue weighted by atomic mass is 10.0. The predicted molar refractivity (Wildman–Crippen MR) is 109 cm³/mol. The zero-order valence-corrected chi connectivity index (χ0v) is 15.9. The van der Waals surface area contributed by atoms with Gasteiger partial charge in [0.15, 0.2) is 0 Å². The van der Waals surface area contributed by atoms with Gasteiger partial charge in [-0.15, -0.1) is 24.8 Å². The molecule has 1 atom stereocenters. The molecule has 1 saturated heterocycles. The van der Waals surface area contributed by atoms with Gasteiger partial charge in [-0.05, 0) is 31.4 Å². The molecule has 1 fully saturated rings. The minimum absolute atomic E-state index is 0. The molecule has 2 heterocycles. The number of piperidine rings is 1. The van der Waals surface area contributed by atoms with E-state index in [9.17, 15) is 4.79 Å². The monoisotopic (exact) mass is 398 g/mol. The lowest BCUT2D eigenvalue weighted by Gasteiger charge is -2.35. The van der Waals surface area contributed by atoms with Crippen LogP contribution < -0.4 is 17.2 Å². The summed E-state index contributed by atoms with van der Waals surface area (Å²) in [6, 6.07) is 9.07. The molecule has 1 aromatic heterocycles. The fourth-order valence-corrected chi connectivity index (χ4v) is 3.10. The molecule has 0 saturated carbocycles. The SMILES string of the molecule is Cl.Cl.NCC1CCCCN1C(=O)c1ccc(-c2cc(N)nc(N)n2)cc1. The van der Waals surface area contributed by atoms with Crippen LogP contribution in [0.4, 0.5) is 11.8 Å². The Morgan fingerprint density at radius 3 is 2.42 bits per heavy atom. The average Bonchev–Trinajstić information content (AvgIpc) is 2.60. The minimum atomic E-state index is 0. The second kappa shape index (κ2) is 9.56. The molecule has 1 amide bonds. The summed E-state index contributed by atoms with van der Waals surface area (Å²) in [6.07, 6.45) is 3.13. The number of anilines is 2. The van der Waals surface area contributed by atoms with E-state index in [0.29, 0.717) is 23.6 Å². The maximum atomic E-state index is 12.7. The van der Waals surface area contributed by atoms with Crippen LogP contribution in [0, 0.1) is 0 Å². The number of rotatable bonds is 3. The molecular weight excluding hydrogens is 375 g/mol. The van der Waals surface area contributed by atoms with E-state index in [1.165, 1.54) is 0 Å². The number of hydrogen-bond donors (Lipinski definition) is 3. The summed E-state index contributed by atoms with van der Waals surface area (Å²) < 4.78 is 0. The Kier molecular flexibility index (Phi) is 8.08. The topological polar surface area (TPSA) is 124 Å². The van der Waals surface area contributed by atoms with Crippen molar-refractivity contribution in [2.24, 2.45) is 5.73 Å². The predicted octanol–water partition coefficient (Wildman–Crippen LogP) is 2.10. The number of likely N-dealkylation sites (tertiary alicyclic amines) is 1. The molecule has 26 heavy (non-hydrogen) atoms. The van der Waals surface area contributed by atoms with Crippen molar-refractivity contribution in [1.29, 1.82) is 0 Å². The number of carbonyl (C=O) groups is 1. The summed E-state index contributed by atoms with van der Waals surface area (Å²) in [5.74, 6) is 0.472. The Hall–Kier alpha value is -2.09. The van der Waals surface area contributed by atoms with Crippen LogP contribution in [-0.4, -0.2) is 39.9 Å². The molecule has 3 rings (SSSR count). The van der Waals surface area contributed by atoms with Crippen LogP contribution >= 0.6 is 24.8 Å². The van der Waals surface area contributed by atoms with Crippen molar-refractivity contribution < 1.29 is 4.79 Å². The number of nitrogens with zero attached hydrogens (tertiary/aromatic N) is 3. The van der Waals surface area contributed by atoms with Crippen LogP contribution in [0.3, 0.4) is 0 Å². The van der Waals surface area contributed by atoms with Crippen LogP contribution in [0.2, 0.25) is 0 Å². The largest absolute Gasteiger partial charge is 0.384 e. The second-order valence-electron chi connectivity index (χ2n) is 6.00. The van der Waals surface area contributed by atoms with Crippen molar-refractivity contribution in [2.45, 2.75) is 25.3 Å². The summed E-state index contributed by atoms with van der Waals surface area (Å²) in [6.45, 7) is 1.27. The number of nitrogens with two attached hydrogens (primary N) is 3. The maximum absolute atomic E-state index is 12.7. The van der Waals surface area contributed by atoms with E-state index < -0.39 is 0 Å². The summed E-state index contributed by atoms with van der Waals surface area (Å²) in [5, 5.41) is 0. The van der Waals surface area contributed by atoms with E-state index in [4.69, 9.17) is 17.2 Å². The Bertz CT molecular complexity index is 720. The fourth-order valence-electron chi connectivity index (χ4n) is 3.10. The van der Waals surface area contributed by atoms with Crippen molar-refractivity contribution in [2.75, 3.05) is 24.6 Å². The molecule has 0 bridgehead atoms. The molecule has 142 valence electrons. The van der Waals surface area contributed by atoms with Gasteiger partial charge in [0.1, 0.15) is 5.82 Å². The quantitative estimate of drug-likeness (QED) is 0.726. The highest BCUT2D eigenvalue weighted by molar-refractivity contribution is 5.95. The summed E-state index contributed by atoms with van der Waals surface area (Å²) in [5.41, 5.74) is 19.3. The number of hydrogen-bond acceptors (Lipinski definition) is 6. The molecule has 7 nitrogen and oxygen atoms in total. The number of carbonyl (C=O) groups excluding carboxylic acids is 1. The molecule has 1 unspecified atom stereocenters. The van der Waals surface area contributed by atoms with E-state index in [1.807, 2.05) is 17.0 Å². The number of nitrogen functional groups attached to an aromatic ring is 2. The highest BCUT2D eigenvalue weighted by Gasteiger charge is 2.26. The standard InChI is InChI=1S/C17H22N6O.2ClH/c18-10-13-3-1-2-8-23(13)16(24)12-6-4-11(5-7-12)14-9-15(19)22-17(20)21-14;;/h4-7,9,13H,1-3,8,10,18H2,(H4,19,20,21,22);2*1H. The van der Waals surface area contributed by atoms with Crippen LogP contribution in [0.25, 0.3) is 11.3 Å². The van der Waals surface area contributed by atoms with Crippen molar-refractivity contribution >= 4 is 42.5 Å². The van der Waals surface area contributed by atoms with Crippen LogP contribution in [0.15, 0.2) is 30.3 Å². The fraction of sp³-hybridized carbons (Fsp3) is 0.353. The normalized spacial score (nSPS) is 16.3. The van der Waals surface area contributed by atoms with Gasteiger partial charge in [-0.25, -0.2) is 4.98 Å². The second-order valence-corrected chi connectivity index (χ2v) is 6.00. The van der Waals surface area contributed by atoms with Crippen LogP contribution in [0.5, 0.6) is 0 Å². The first kappa shape index (κ1) is 22.0. The molecule has 0 radical (unpaired) electrons. The minimum Gasteiger partial charge on any atom is -0.384 e. The molecular formula is C17H24Cl2N6O. The summed E-state index contributed by atoms with van der Waals surface area (Å²) in [4.78, 5) is 22.6. The smallest absolute Gasteiger partial charge is 0.254 e. The lowest BCUT2D eigenvalue weighted by molar-refractivity contribution is 0.0623. The molecule has 0 spiro atoms. The molecule has 1 aromatic carbocycles. The van der Waals surface area contributed by atoms with Crippen molar-refractivity contribution in [1.82, 2.24) is 14.9 Å². The third-order valence-electron chi connectivity index (χ3n) is 4.35. The first-order valence-corrected chi connectivity index (χ1v) is 8.10. The Balaban J connectivity index is 0.00000169. The molecule has 2 aromatic rings. The van der Waals surface area contributed by atoms with Gasteiger partial charge in [-0.1, -0.05) is 12.1 Å². The van der Waals surface area contributed by atoms with Crippen molar-refractivity contribution in [3.63, 3.8) is 0 Å². The zero-order valence-electron chi connectivity index (χ0n) is 14.3. The van der Waals surface area contributed by atoms with Gasteiger partial charge >= 0.3 is 0 Å².